The molecule has 3 heterocycles. The topological polar surface area (TPSA) is 116 Å². The number of halogens is 1. The van der Waals surface area contributed by atoms with Gasteiger partial charge in [-0.3, -0.25) is 19.3 Å². The second kappa shape index (κ2) is 9.71. The van der Waals surface area contributed by atoms with Gasteiger partial charge in [0, 0.05) is 16.6 Å². The van der Waals surface area contributed by atoms with Crippen molar-refractivity contribution in [3.05, 3.63) is 52.9 Å². The SMILES string of the molecule is O=C1CS/C(=N/N=C2\SC(CC(=O)Nc3ccc(Br)cc3)C(=O)N2Cc2ccco2)N1. The minimum atomic E-state index is -0.643. The number of rotatable bonds is 6. The first-order chi connectivity index (χ1) is 15.0. The third-order valence-electron chi connectivity index (χ3n) is 4.23. The van der Waals surface area contributed by atoms with Crippen LogP contribution in [0.4, 0.5) is 5.69 Å². The number of carbonyl (C=O) groups excluding carboxylic acids is 3. The number of amides is 3. The maximum atomic E-state index is 13.0. The van der Waals surface area contributed by atoms with Crippen molar-refractivity contribution in [1.82, 2.24) is 10.2 Å². The van der Waals surface area contributed by atoms with Crippen molar-refractivity contribution in [3.63, 3.8) is 0 Å². The van der Waals surface area contributed by atoms with Gasteiger partial charge in [-0.2, -0.15) is 0 Å². The third-order valence-corrected chi connectivity index (χ3v) is 6.78. The standard InChI is InChI=1S/C19H16BrN5O4S2/c20-11-3-5-12(6-4-11)21-15(26)8-14-17(28)25(9-13-2-1-7-29-13)19(31-14)24-23-18-22-16(27)10-30-18/h1-7,14H,8-10H2,(H,21,26)(H,22,23,27)/b24-19-. The zero-order valence-corrected chi connectivity index (χ0v) is 19.1. The number of nitrogens with one attached hydrogen (secondary N) is 2. The molecule has 2 aromatic rings. The van der Waals surface area contributed by atoms with Crippen LogP contribution in [-0.4, -0.2) is 44.0 Å². The molecule has 31 heavy (non-hydrogen) atoms. The Hall–Kier alpha value is -2.57. The fraction of sp³-hybridized carbons (Fsp3) is 0.211. The summed E-state index contributed by atoms with van der Waals surface area (Å²) >= 11 is 5.75. The Bertz CT molecular complexity index is 1060. The van der Waals surface area contributed by atoms with Gasteiger partial charge in [-0.25, -0.2) is 0 Å². The molecule has 12 heteroatoms. The largest absolute Gasteiger partial charge is 0.467 e. The first-order valence-electron chi connectivity index (χ1n) is 9.12. The first kappa shape index (κ1) is 21.7. The number of furan rings is 1. The molecule has 2 fully saturated rings. The molecule has 1 atom stereocenters. The van der Waals surface area contributed by atoms with Gasteiger partial charge >= 0.3 is 0 Å². The quantitative estimate of drug-likeness (QED) is 0.564. The minimum absolute atomic E-state index is 0.0186. The van der Waals surface area contributed by atoms with Crippen LogP contribution in [0.3, 0.4) is 0 Å². The molecular weight excluding hydrogens is 506 g/mol. The zero-order valence-electron chi connectivity index (χ0n) is 15.9. The van der Waals surface area contributed by atoms with Gasteiger partial charge in [-0.15, -0.1) is 10.2 Å². The van der Waals surface area contributed by atoms with Crippen LogP contribution in [0.5, 0.6) is 0 Å². The summed E-state index contributed by atoms with van der Waals surface area (Å²) in [5.74, 6) is 0.184. The van der Waals surface area contributed by atoms with Crippen LogP contribution in [0.15, 0.2) is 61.8 Å². The molecule has 0 bridgehead atoms. The Labute approximate surface area is 194 Å². The lowest BCUT2D eigenvalue weighted by molar-refractivity contribution is -0.128. The van der Waals surface area contributed by atoms with E-state index in [9.17, 15) is 14.4 Å². The van der Waals surface area contributed by atoms with E-state index in [4.69, 9.17) is 4.42 Å². The van der Waals surface area contributed by atoms with Gasteiger partial charge in [0.2, 0.25) is 17.7 Å². The highest BCUT2D eigenvalue weighted by atomic mass is 79.9. The summed E-state index contributed by atoms with van der Waals surface area (Å²) in [6.07, 6.45) is 1.50. The Morgan fingerprint density at radius 1 is 1.26 bits per heavy atom. The molecule has 0 spiro atoms. The Morgan fingerprint density at radius 3 is 2.74 bits per heavy atom. The number of carbonyl (C=O) groups is 3. The summed E-state index contributed by atoms with van der Waals surface area (Å²) in [4.78, 5) is 38.3. The number of nitrogens with zero attached hydrogens (tertiary/aromatic N) is 3. The van der Waals surface area contributed by atoms with E-state index in [0.717, 1.165) is 16.2 Å². The molecule has 0 saturated carbocycles. The highest BCUT2D eigenvalue weighted by Crippen LogP contribution is 2.31. The van der Waals surface area contributed by atoms with Gasteiger partial charge < -0.3 is 15.1 Å². The Balaban J connectivity index is 1.48. The lowest BCUT2D eigenvalue weighted by Gasteiger charge is -2.14. The summed E-state index contributed by atoms with van der Waals surface area (Å²) in [5.41, 5.74) is 0.644. The number of anilines is 1. The van der Waals surface area contributed by atoms with Crippen molar-refractivity contribution < 1.29 is 18.8 Å². The van der Waals surface area contributed by atoms with Crippen molar-refractivity contribution >= 4 is 73.2 Å². The number of thioether (sulfide) groups is 2. The van der Waals surface area contributed by atoms with Crippen LogP contribution >= 0.6 is 39.5 Å². The van der Waals surface area contributed by atoms with Crippen molar-refractivity contribution in [1.29, 1.82) is 0 Å². The van der Waals surface area contributed by atoms with Crippen LogP contribution in [0.25, 0.3) is 0 Å². The Morgan fingerprint density at radius 2 is 2.06 bits per heavy atom. The molecule has 2 saturated heterocycles. The predicted molar refractivity (Wildman–Crippen MR) is 123 cm³/mol. The van der Waals surface area contributed by atoms with Crippen LogP contribution < -0.4 is 10.6 Å². The van der Waals surface area contributed by atoms with E-state index in [1.165, 1.54) is 22.9 Å². The lowest BCUT2D eigenvalue weighted by Crippen LogP contribution is -2.33. The van der Waals surface area contributed by atoms with Crippen molar-refractivity contribution in [2.75, 3.05) is 11.1 Å². The zero-order chi connectivity index (χ0) is 21.8. The maximum Gasteiger partial charge on any atom is 0.243 e. The van der Waals surface area contributed by atoms with Gasteiger partial charge in [-0.1, -0.05) is 39.5 Å². The molecule has 0 aliphatic carbocycles. The fourth-order valence-corrected chi connectivity index (χ4v) is 4.78. The third kappa shape index (κ3) is 5.57. The number of hydrogen-bond acceptors (Lipinski definition) is 8. The van der Waals surface area contributed by atoms with Crippen molar-refractivity contribution in [3.8, 4) is 0 Å². The monoisotopic (exact) mass is 521 g/mol. The molecule has 0 radical (unpaired) electrons. The number of hydrogen-bond donors (Lipinski definition) is 2. The lowest BCUT2D eigenvalue weighted by atomic mass is 10.2. The molecule has 4 rings (SSSR count). The molecule has 9 nitrogen and oxygen atoms in total. The molecular formula is C19H16BrN5O4S2. The Kier molecular flexibility index (Phi) is 6.78. The molecule has 1 aromatic carbocycles. The normalized spacial score (nSPS) is 21.2. The van der Waals surface area contributed by atoms with E-state index in [-0.39, 0.29) is 36.4 Å². The molecule has 1 aromatic heterocycles. The van der Waals surface area contributed by atoms with E-state index in [2.05, 4.69) is 36.8 Å². The van der Waals surface area contributed by atoms with Gasteiger partial charge in [0.1, 0.15) is 11.0 Å². The van der Waals surface area contributed by atoms with E-state index in [1.54, 1.807) is 24.3 Å². The van der Waals surface area contributed by atoms with Gasteiger partial charge in [0.05, 0.1) is 18.6 Å². The van der Waals surface area contributed by atoms with E-state index in [0.29, 0.717) is 21.8 Å². The van der Waals surface area contributed by atoms with Crippen molar-refractivity contribution in [2.24, 2.45) is 10.2 Å². The second-order valence-corrected chi connectivity index (χ2v) is 9.54. The molecule has 2 aliphatic rings. The summed E-state index contributed by atoms with van der Waals surface area (Å²) in [6.45, 7) is 0.173. The predicted octanol–water partition coefficient (Wildman–Crippen LogP) is 3.00. The van der Waals surface area contributed by atoms with Gasteiger partial charge in [0.15, 0.2) is 10.3 Å². The van der Waals surface area contributed by atoms with E-state index < -0.39 is 5.25 Å². The molecule has 2 aliphatic heterocycles. The summed E-state index contributed by atoms with van der Waals surface area (Å²) in [5, 5.41) is 13.7. The van der Waals surface area contributed by atoms with Crippen LogP contribution in [0.1, 0.15) is 12.2 Å². The van der Waals surface area contributed by atoms with Crippen molar-refractivity contribution in [2.45, 2.75) is 18.2 Å². The molecule has 1 unspecified atom stereocenters. The van der Waals surface area contributed by atoms with Gasteiger partial charge in [0.25, 0.3) is 0 Å². The molecule has 2 N–H and O–H groups in total. The molecule has 160 valence electrons. The maximum absolute atomic E-state index is 13.0. The minimum Gasteiger partial charge on any atom is -0.467 e. The van der Waals surface area contributed by atoms with E-state index >= 15 is 0 Å². The van der Waals surface area contributed by atoms with Crippen LogP contribution in [-0.2, 0) is 20.9 Å². The smallest absolute Gasteiger partial charge is 0.243 e. The molecule has 3 amide bonds. The average molecular weight is 522 g/mol. The first-order valence-corrected chi connectivity index (χ1v) is 11.8. The van der Waals surface area contributed by atoms with Gasteiger partial charge in [-0.05, 0) is 36.4 Å². The highest BCUT2D eigenvalue weighted by molar-refractivity contribution is 9.10. The summed E-state index contributed by atoms with van der Waals surface area (Å²) < 4.78 is 6.25. The summed E-state index contributed by atoms with van der Waals surface area (Å²) in [6, 6.07) is 10.7. The van der Waals surface area contributed by atoms with E-state index in [1.807, 2.05) is 12.1 Å². The number of amidine groups is 2. The highest BCUT2D eigenvalue weighted by Gasteiger charge is 2.40. The fourth-order valence-electron chi connectivity index (χ4n) is 2.80. The number of benzene rings is 1. The van der Waals surface area contributed by atoms with Crippen LogP contribution in [0, 0.1) is 0 Å². The summed E-state index contributed by atoms with van der Waals surface area (Å²) in [7, 11) is 0. The second-order valence-electron chi connectivity index (χ2n) is 6.49. The average Bonchev–Trinajstić information content (AvgIpc) is 3.46. The van der Waals surface area contributed by atoms with Crippen LogP contribution in [0.2, 0.25) is 0 Å².